The van der Waals surface area contributed by atoms with Crippen LogP contribution in [0.1, 0.15) is 31.4 Å². The molecule has 6 nitrogen and oxygen atoms in total. The van der Waals surface area contributed by atoms with Crippen LogP contribution in [0.3, 0.4) is 0 Å². The van der Waals surface area contributed by atoms with Gasteiger partial charge in [-0.25, -0.2) is 4.31 Å². The smallest absolute Gasteiger partial charge is 0.240 e. The van der Waals surface area contributed by atoms with E-state index in [1.54, 1.807) is 11.9 Å². The average Bonchev–Trinajstić information content (AvgIpc) is 2.89. The molecule has 2 aromatic rings. The Labute approximate surface area is 207 Å². The van der Waals surface area contributed by atoms with E-state index in [4.69, 9.17) is 6.42 Å². The molecule has 1 heterocycles. The molecule has 180 valence electrons. The monoisotopic (exact) mass is 478 g/mol. The van der Waals surface area contributed by atoms with E-state index in [1.165, 1.54) is 16.7 Å². The summed E-state index contributed by atoms with van der Waals surface area (Å²) >= 11 is 1.59. The van der Waals surface area contributed by atoms with Gasteiger partial charge in [-0.1, -0.05) is 66.4 Å². The lowest BCUT2D eigenvalue weighted by Crippen LogP contribution is -2.47. The molecule has 1 fully saturated rings. The number of benzene rings is 2. The maximum absolute atomic E-state index is 12.3. The minimum absolute atomic E-state index is 0.0548. The zero-order valence-corrected chi connectivity index (χ0v) is 20.8. The van der Waals surface area contributed by atoms with Crippen molar-refractivity contribution in [2.45, 2.75) is 31.8 Å². The average molecular weight is 479 g/mol. The number of amides is 2. The Balaban J connectivity index is 1.50. The van der Waals surface area contributed by atoms with E-state index < -0.39 is 0 Å². The number of terminal acetylenes is 1. The number of hydrogen-bond donors (Lipinski definition) is 2. The highest BCUT2D eigenvalue weighted by Gasteiger charge is 2.28. The van der Waals surface area contributed by atoms with Gasteiger partial charge in [-0.15, -0.1) is 6.42 Å². The molecular formula is C27H34N4O2S. The van der Waals surface area contributed by atoms with Gasteiger partial charge in [0.2, 0.25) is 11.8 Å². The summed E-state index contributed by atoms with van der Waals surface area (Å²) in [7, 11) is 0. The highest BCUT2D eigenvalue weighted by atomic mass is 32.2. The standard InChI is InChI=1S/C27H34N4O2S/c1-4-15-28-26(32)19-29-27(33)20-31(34-3)25-13-16-30(17-14-25)21(2)23-11-8-12-24(18-23)22-9-6-5-7-10-22/h1,5-12,18,21,25H,13-17,19-20H2,2-3H3,(H,28,32)(H,29,33). The van der Waals surface area contributed by atoms with E-state index in [1.807, 2.05) is 12.3 Å². The first-order valence-corrected chi connectivity index (χ1v) is 12.9. The molecule has 0 saturated carbocycles. The summed E-state index contributed by atoms with van der Waals surface area (Å²) in [4.78, 5) is 26.5. The second-order valence-electron chi connectivity index (χ2n) is 8.45. The van der Waals surface area contributed by atoms with Gasteiger partial charge in [0.25, 0.3) is 0 Å². The lowest BCUT2D eigenvalue weighted by molar-refractivity contribution is -0.126. The second-order valence-corrected chi connectivity index (χ2v) is 9.28. The van der Waals surface area contributed by atoms with Crippen LogP contribution in [-0.4, -0.2) is 66.0 Å². The van der Waals surface area contributed by atoms with Crippen molar-refractivity contribution in [2.24, 2.45) is 0 Å². The van der Waals surface area contributed by atoms with Crippen molar-refractivity contribution in [1.29, 1.82) is 0 Å². The van der Waals surface area contributed by atoms with Gasteiger partial charge in [0, 0.05) is 25.2 Å². The summed E-state index contributed by atoms with van der Waals surface area (Å²) in [5, 5.41) is 5.22. The predicted molar refractivity (Wildman–Crippen MR) is 140 cm³/mol. The van der Waals surface area contributed by atoms with Gasteiger partial charge in [0.05, 0.1) is 19.6 Å². The Morgan fingerprint density at radius 2 is 1.79 bits per heavy atom. The van der Waals surface area contributed by atoms with Crippen LogP contribution in [0.2, 0.25) is 0 Å². The fraction of sp³-hybridized carbons (Fsp3) is 0.407. The summed E-state index contributed by atoms with van der Waals surface area (Å²) in [5.41, 5.74) is 3.80. The fourth-order valence-corrected chi connectivity index (χ4v) is 5.07. The number of likely N-dealkylation sites (tertiary alicyclic amines) is 1. The molecule has 2 aromatic carbocycles. The molecule has 1 atom stereocenters. The minimum Gasteiger partial charge on any atom is -0.346 e. The number of nitrogens with zero attached hydrogens (tertiary/aromatic N) is 2. The Kier molecular flexibility index (Phi) is 10.0. The summed E-state index contributed by atoms with van der Waals surface area (Å²) in [6.07, 6.45) is 9.12. The van der Waals surface area contributed by atoms with Crippen LogP contribution >= 0.6 is 11.9 Å². The van der Waals surface area contributed by atoms with Crippen LogP contribution < -0.4 is 10.6 Å². The van der Waals surface area contributed by atoms with Gasteiger partial charge in [0.15, 0.2) is 0 Å². The van der Waals surface area contributed by atoms with Crippen LogP contribution in [-0.2, 0) is 9.59 Å². The number of carbonyl (C=O) groups excluding carboxylic acids is 2. The van der Waals surface area contributed by atoms with Crippen molar-refractivity contribution >= 4 is 23.8 Å². The number of hydrogen-bond acceptors (Lipinski definition) is 5. The van der Waals surface area contributed by atoms with E-state index in [2.05, 4.69) is 81.2 Å². The third-order valence-corrected chi connectivity index (χ3v) is 7.19. The third kappa shape index (κ3) is 7.36. The van der Waals surface area contributed by atoms with Gasteiger partial charge in [0.1, 0.15) is 0 Å². The molecule has 0 radical (unpaired) electrons. The van der Waals surface area contributed by atoms with E-state index in [0.29, 0.717) is 12.1 Å². The van der Waals surface area contributed by atoms with Crippen LogP contribution in [0.25, 0.3) is 11.1 Å². The zero-order valence-electron chi connectivity index (χ0n) is 20.0. The lowest BCUT2D eigenvalue weighted by atomic mass is 9.97. The Bertz CT molecular complexity index is 984. The summed E-state index contributed by atoms with van der Waals surface area (Å²) in [5.74, 6) is 1.91. The summed E-state index contributed by atoms with van der Waals surface area (Å²) in [6, 6.07) is 19.9. The van der Waals surface area contributed by atoms with Crippen molar-refractivity contribution < 1.29 is 9.59 Å². The zero-order chi connectivity index (χ0) is 24.3. The highest BCUT2D eigenvalue weighted by Crippen LogP contribution is 2.30. The Morgan fingerprint density at radius 3 is 2.47 bits per heavy atom. The van der Waals surface area contributed by atoms with Crippen LogP contribution in [0.4, 0.5) is 0 Å². The largest absolute Gasteiger partial charge is 0.346 e. The maximum atomic E-state index is 12.3. The molecule has 1 aliphatic rings. The van der Waals surface area contributed by atoms with Crippen molar-refractivity contribution in [3.8, 4) is 23.5 Å². The fourth-order valence-electron chi connectivity index (χ4n) is 4.31. The molecule has 1 aliphatic heterocycles. The third-order valence-electron chi connectivity index (χ3n) is 6.30. The second kappa shape index (κ2) is 13.2. The van der Waals surface area contributed by atoms with Crippen molar-refractivity contribution in [2.75, 3.05) is 39.0 Å². The number of carbonyl (C=O) groups is 2. The Morgan fingerprint density at radius 1 is 1.09 bits per heavy atom. The SMILES string of the molecule is C#CCNC(=O)CNC(=O)CN(SC)C1CCN(C(C)c2cccc(-c3ccccc3)c2)CC1. The molecule has 0 spiro atoms. The van der Waals surface area contributed by atoms with Crippen LogP contribution in [0.15, 0.2) is 54.6 Å². The number of rotatable bonds is 10. The highest BCUT2D eigenvalue weighted by molar-refractivity contribution is 7.96. The van der Waals surface area contributed by atoms with Crippen molar-refractivity contribution in [1.82, 2.24) is 19.8 Å². The molecule has 7 heteroatoms. The molecule has 2 N–H and O–H groups in total. The maximum Gasteiger partial charge on any atom is 0.240 e. The molecule has 0 aromatic heterocycles. The molecule has 2 amide bonds. The Hall–Kier alpha value is -2.79. The summed E-state index contributed by atoms with van der Waals surface area (Å²) in [6.45, 7) is 4.61. The van der Waals surface area contributed by atoms with Crippen molar-refractivity contribution in [3.05, 3.63) is 60.2 Å². The van der Waals surface area contributed by atoms with Gasteiger partial charge in [-0.2, -0.15) is 0 Å². The first kappa shape index (κ1) is 25.8. The molecule has 0 bridgehead atoms. The number of piperidine rings is 1. The topological polar surface area (TPSA) is 64.7 Å². The van der Waals surface area contributed by atoms with Crippen molar-refractivity contribution in [3.63, 3.8) is 0 Å². The number of nitrogens with one attached hydrogen (secondary N) is 2. The predicted octanol–water partition coefficient (Wildman–Crippen LogP) is 3.32. The molecule has 1 saturated heterocycles. The van der Waals surface area contributed by atoms with E-state index in [0.717, 1.165) is 25.9 Å². The van der Waals surface area contributed by atoms with Gasteiger partial charge in [-0.05, 0) is 48.8 Å². The summed E-state index contributed by atoms with van der Waals surface area (Å²) < 4.78 is 2.13. The quantitative estimate of drug-likeness (QED) is 0.405. The minimum atomic E-state index is -0.277. The first-order valence-electron chi connectivity index (χ1n) is 11.7. The molecular weight excluding hydrogens is 444 g/mol. The van der Waals surface area contributed by atoms with E-state index in [9.17, 15) is 9.59 Å². The molecule has 1 unspecified atom stereocenters. The molecule has 34 heavy (non-hydrogen) atoms. The van der Waals surface area contributed by atoms with Gasteiger partial charge < -0.3 is 10.6 Å². The van der Waals surface area contributed by atoms with E-state index >= 15 is 0 Å². The van der Waals surface area contributed by atoms with E-state index in [-0.39, 0.29) is 31.4 Å². The van der Waals surface area contributed by atoms with Gasteiger partial charge >= 0.3 is 0 Å². The first-order chi connectivity index (χ1) is 16.5. The normalized spacial score (nSPS) is 15.5. The molecule has 0 aliphatic carbocycles. The van der Waals surface area contributed by atoms with Crippen LogP contribution in [0.5, 0.6) is 0 Å². The lowest BCUT2D eigenvalue weighted by Gasteiger charge is -2.39. The van der Waals surface area contributed by atoms with Crippen LogP contribution in [0, 0.1) is 12.3 Å². The molecule has 3 rings (SSSR count). The van der Waals surface area contributed by atoms with Gasteiger partial charge in [-0.3, -0.25) is 14.5 Å².